The monoisotopic (exact) mass is 564 g/mol. The Labute approximate surface area is 226 Å². The van der Waals surface area contributed by atoms with Gasteiger partial charge in [-0.2, -0.15) is 0 Å². The first-order chi connectivity index (χ1) is 16.2. The van der Waals surface area contributed by atoms with Crippen LogP contribution in [0, 0.1) is 45.3 Å². The molecule has 3 heteroatoms. The Morgan fingerprint density at radius 2 is 1.57 bits per heavy atom. The van der Waals surface area contributed by atoms with Crippen LogP contribution in [0.5, 0.6) is 0 Å². The number of aliphatic hydroxyl groups excluding tert-OH is 1. The first-order valence-electron chi connectivity index (χ1n) is 14.9. The topological polar surface area (TPSA) is 20.2 Å². The van der Waals surface area contributed by atoms with E-state index in [4.69, 9.17) is 0 Å². The second-order valence-electron chi connectivity index (χ2n) is 15.0. The molecule has 0 aromatic carbocycles. The molecular weight excluding hydrogens is 507 g/mol. The molecule has 4 aliphatic rings. The van der Waals surface area contributed by atoms with E-state index in [1.54, 1.807) is 0 Å². The third kappa shape index (κ3) is 4.58. The van der Waals surface area contributed by atoms with E-state index < -0.39 is 13.5 Å². The summed E-state index contributed by atoms with van der Waals surface area (Å²) in [5.74, 6) is 3.17. The Kier molecular flexibility index (Phi) is 8.15. The fourth-order valence-electron chi connectivity index (χ4n) is 10.0. The van der Waals surface area contributed by atoms with Gasteiger partial charge in [-0.1, -0.05) is 13.8 Å². The van der Waals surface area contributed by atoms with Crippen LogP contribution in [0.25, 0.3) is 0 Å². The first-order valence-corrected chi connectivity index (χ1v) is 21.8. The SMILES string of the molecule is CC(C)C(CC[C@@H](C)C1CC[C@@]2(C)C3=C(CC[C@]12C)[C@@]1(C)CC[C@H](O)C(C)(C)[C@@H]1CC3)S[As](C)C. The van der Waals surface area contributed by atoms with Gasteiger partial charge >= 0.3 is 191 Å². The van der Waals surface area contributed by atoms with Gasteiger partial charge in [-0.05, 0) is 11.8 Å². The van der Waals surface area contributed by atoms with Gasteiger partial charge in [0.05, 0.1) is 6.10 Å². The Morgan fingerprint density at radius 3 is 2.20 bits per heavy atom. The molecular formula is C32H57AsOS. The molecule has 202 valence electrons. The van der Waals surface area contributed by atoms with Gasteiger partial charge in [0.15, 0.2) is 0 Å². The summed E-state index contributed by atoms with van der Waals surface area (Å²) in [4.78, 5) is 0. The van der Waals surface area contributed by atoms with Gasteiger partial charge in [-0.15, -0.1) is 0 Å². The Balaban J connectivity index is 1.56. The van der Waals surface area contributed by atoms with E-state index in [-0.39, 0.29) is 11.5 Å². The molecule has 8 atom stereocenters. The zero-order valence-electron chi connectivity index (χ0n) is 24.8. The fraction of sp³-hybridized carbons (Fsp3) is 0.938. The van der Waals surface area contributed by atoms with E-state index in [2.05, 4.69) is 76.8 Å². The molecule has 0 saturated heterocycles. The summed E-state index contributed by atoms with van der Waals surface area (Å²) >= 11 is -0.645. The molecule has 2 unspecified atom stereocenters. The van der Waals surface area contributed by atoms with Crippen LogP contribution in [-0.2, 0) is 0 Å². The van der Waals surface area contributed by atoms with Crippen LogP contribution < -0.4 is 0 Å². The predicted molar refractivity (Wildman–Crippen MR) is 157 cm³/mol. The van der Waals surface area contributed by atoms with E-state index in [1.807, 2.05) is 11.1 Å². The Morgan fingerprint density at radius 1 is 0.886 bits per heavy atom. The van der Waals surface area contributed by atoms with Crippen molar-refractivity contribution >= 4 is 23.5 Å². The van der Waals surface area contributed by atoms with Gasteiger partial charge in [0, 0.05) is 0 Å². The molecule has 0 aromatic heterocycles. The van der Waals surface area contributed by atoms with Crippen molar-refractivity contribution in [3.05, 3.63) is 11.1 Å². The van der Waals surface area contributed by atoms with Crippen molar-refractivity contribution in [3.63, 3.8) is 0 Å². The molecule has 4 aliphatic carbocycles. The molecule has 1 N–H and O–H groups in total. The maximum absolute atomic E-state index is 10.9. The number of hydrogen-bond acceptors (Lipinski definition) is 2. The van der Waals surface area contributed by atoms with Crippen LogP contribution in [0.3, 0.4) is 0 Å². The number of fused-ring (bicyclic) bond motifs is 4. The first kappa shape index (κ1) is 28.6. The molecule has 0 radical (unpaired) electrons. The normalized spacial score (nSPS) is 42.6. The minimum absolute atomic E-state index is 0.0455. The summed E-state index contributed by atoms with van der Waals surface area (Å²) in [7, 11) is 2.36. The van der Waals surface area contributed by atoms with Gasteiger partial charge in [0.2, 0.25) is 0 Å². The van der Waals surface area contributed by atoms with Crippen LogP contribution in [0.4, 0.5) is 0 Å². The predicted octanol–water partition coefficient (Wildman–Crippen LogP) is 9.52. The number of rotatable bonds is 7. The average Bonchev–Trinajstić information content (AvgIpc) is 3.05. The van der Waals surface area contributed by atoms with Gasteiger partial charge < -0.3 is 5.11 Å². The second-order valence-corrected chi connectivity index (χ2v) is 24.3. The van der Waals surface area contributed by atoms with Crippen LogP contribution in [0.2, 0.25) is 11.4 Å². The van der Waals surface area contributed by atoms with Crippen LogP contribution in [0.1, 0.15) is 120 Å². The van der Waals surface area contributed by atoms with Crippen LogP contribution in [0.15, 0.2) is 11.1 Å². The third-order valence-corrected chi connectivity index (χ3v) is 18.3. The van der Waals surface area contributed by atoms with Crippen molar-refractivity contribution in [2.75, 3.05) is 0 Å². The summed E-state index contributed by atoms with van der Waals surface area (Å²) in [6.45, 7) is 20.2. The molecule has 2 fully saturated rings. The van der Waals surface area contributed by atoms with Crippen molar-refractivity contribution in [2.45, 2.75) is 142 Å². The van der Waals surface area contributed by atoms with Crippen LogP contribution >= 0.6 is 10.0 Å². The van der Waals surface area contributed by atoms with E-state index >= 15 is 0 Å². The Hall–Kier alpha value is 0.608. The van der Waals surface area contributed by atoms with Crippen molar-refractivity contribution in [3.8, 4) is 0 Å². The molecule has 35 heavy (non-hydrogen) atoms. The van der Waals surface area contributed by atoms with Gasteiger partial charge in [-0.3, -0.25) is 0 Å². The van der Waals surface area contributed by atoms with Crippen molar-refractivity contribution in [1.82, 2.24) is 0 Å². The summed E-state index contributed by atoms with van der Waals surface area (Å²) in [6, 6.07) is 0. The van der Waals surface area contributed by atoms with Crippen LogP contribution in [-0.4, -0.2) is 30.0 Å². The molecule has 0 amide bonds. The van der Waals surface area contributed by atoms with Crippen molar-refractivity contribution < 1.29 is 5.11 Å². The standard InChI is InChI=1S/C32H57AsOS/c1-21(2)26(35-33(9)10)13-11-22(3)23-15-19-32(8)25-12-14-27-29(4,5)28(34)17-18-30(27,6)24(25)16-20-31(23,32)7/h21-23,26-28,34H,11-20H2,1-10H3/t22-,23?,26?,27+,28+,30-,31-,32+/m1/s1. The fourth-order valence-corrected chi connectivity index (χ4v) is 16.7. The minimum atomic E-state index is -0.645. The quantitative estimate of drug-likeness (QED) is 0.245. The molecule has 0 heterocycles. The zero-order chi connectivity index (χ0) is 26.0. The number of aliphatic hydroxyl groups is 1. The second kappa shape index (κ2) is 9.97. The Bertz CT molecular complexity index is 816. The number of allylic oxidation sites excluding steroid dienone is 2. The summed E-state index contributed by atoms with van der Waals surface area (Å²) < 4.78 is 0. The van der Waals surface area contributed by atoms with E-state index in [9.17, 15) is 5.11 Å². The summed E-state index contributed by atoms with van der Waals surface area (Å²) in [6.07, 6.45) is 13.0. The van der Waals surface area contributed by atoms with Gasteiger partial charge in [0.1, 0.15) is 0 Å². The summed E-state index contributed by atoms with van der Waals surface area (Å²) in [5, 5.41) is 11.8. The van der Waals surface area contributed by atoms with Crippen molar-refractivity contribution in [1.29, 1.82) is 0 Å². The molecule has 2 saturated carbocycles. The molecule has 1 nitrogen and oxygen atoms in total. The van der Waals surface area contributed by atoms with Crippen molar-refractivity contribution in [2.24, 2.45) is 45.3 Å². The van der Waals surface area contributed by atoms with Gasteiger partial charge in [-0.25, -0.2) is 0 Å². The third-order valence-electron chi connectivity index (χ3n) is 12.5. The molecule has 0 spiro atoms. The summed E-state index contributed by atoms with van der Waals surface area (Å²) in [5.41, 5.74) is 10.00. The zero-order valence-corrected chi connectivity index (χ0v) is 27.5. The molecule has 0 aliphatic heterocycles. The average molecular weight is 565 g/mol. The van der Waals surface area contributed by atoms with E-state index in [0.717, 1.165) is 29.4 Å². The number of hydrogen-bond donors (Lipinski definition) is 1. The van der Waals surface area contributed by atoms with E-state index in [1.165, 1.54) is 57.8 Å². The maximum atomic E-state index is 10.9. The van der Waals surface area contributed by atoms with Gasteiger partial charge in [0.25, 0.3) is 0 Å². The molecule has 0 bridgehead atoms. The molecule has 4 rings (SSSR count). The van der Waals surface area contributed by atoms with E-state index in [0.29, 0.717) is 22.2 Å². The molecule has 0 aromatic rings.